The molecule has 1 aliphatic heterocycles. The molecular weight excluding hydrogens is 379 g/mol. The van der Waals surface area contributed by atoms with E-state index in [-0.39, 0.29) is 25.5 Å². The number of piperazine rings is 1. The highest BCUT2D eigenvalue weighted by Crippen LogP contribution is 2.23. The van der Waals surface area contributed by atoms with Gasteiger partial charge in [0, 0.05) is 19.6 Å². The third-order valence-corrected chi connectivity index (χ3v) is 4.74. The molecule has 144 valence electrons. The highest BCUT2D eigenvalue weighted by molar-refractivity contribution is 6.42. The molecule has 0 spiro atoms. The van der Waals surface area contributed by atoms with Crippen LogP contribution in [0.5, 0.6) is 0 Å². The lowest BCUT2D eigenvalue weighted by molar-refractivity contribution is -0.136. The number of ether oxygens (including phenoxy) is 1. The van der Waals surface area contributed by atoms with Crippen LogP contribution in [0.1, 0.15) is 26.3 Å². The normalized spacial score (nSPS) is 18.0. The van der Waals surface area contributed by atoms with Crippen molar-refractivity contribution >= 4 is 35.2 Å². The highest BCUT2D eigenvalue weighted by Gasteiger charge is 2.33. The van der Waals surface area contributed by atoms with Gasteiger partial charge in [0.25, 0.3) is 0 Å². The number of benzene rings is 1. The van der Waals surface area contributed by atoms with Crippen LogP contribution in [-0.4, -0.2) is 64.8 Å². The fourth-order valence-electron chi connectivity index (χ4n) is 2.76. The van der Waals surface area contributed by atoms with Crippen LogP contribution in [0.2, 0.25) is 10.0 Å². The Morgan fingerprint density at radius 2 is 1.92 bits per heavy atom. The lowest BCUT2D eigenvalue weighted by Gasteiger charge is -2.41. The number of aliphatic hydroxyl groups excluding tert-OH is 1. The third kappa shape index (κ3) is 5.50. The Labute approximate surface area is 163 Å². The Kier molecular flexibility index (Phi) is 6.77. The number of nitrogens with zero attached hydrogens (tertiary/aromatic N) is 2. The summed E-state index contributed by atoms with van der Waals surface area (Å²) in [5, 5.41) is 10.5. The van der Waals surface area contributed by atoms with Crippen molar-refractivity contribution in [2.24, 2.45) is 0 Å². The Balaban J connectivity index is 2.01. The monoisotopic (exact) mass is 402 g/mol. The largest absolute Gasteiger partial charge is 0.444 e. The SMILES string of the molecule is CC(C)(C)OC(=O)N1CCN(C(=O)Cc2ccc(Cl)c(Cl)c2)[C@H](CO)C1. The Morgan fingerprint density at radius 1 is 1.23 bits per heavy atom. The first-order chi connectivity index (χ1) is 12.1. The van der Waals surface area contributed by atoms with E-state index in [1.165, 1.54) is 4.90 Å². The number of halogens is 2. The van der Waals surface area contributed by atoms with Gasteiger partial charge in [-0.1, -0.05) is 29.3 Å². The predicted octanol–water partition coefficient (Wildman–Crippen LogP) is 2.98. The first-order valence-corrected chi connectivity index (χ1v) is 9.18. The molecule has 1 aromatic carbocycles. The fraction of sp³-hybridized carbons (Fsp3) is 0.556. The highest BCUT2D eigenvalue weighted by atomic mass is 35.5. The molecule has 0 unspecified atom stereocenters. The van der Waals surface area contributed by atoms with E-state index in [1.54, 1.807) is 43.9 Å². The summed E-state index contributed by atoms with van der Waals surface area (Å²) in [6.07, 6.45) is -0.285. The minimum Gasteiger partial charge on any atom is -0.444 e. The number of aliphatic hydroxyl groups is 1. The van der Waals surface area contributed by atoms with Gasteiger partial charge in [-0.15, -0.1) is 0 Å². The number of carbonyl (C=O) groups is 2. The first kappa shape index (κ1) is 20.8. The number of rotatable bonds is 3. The van der Waals surface area contributed by atoms with Crippen molar-refractivity contribution in [1.29, 1.82) is 0 Å². The molecule has 1 aromatic rings. The quantitative estimate of drug-likeness (QED) is 0.843. The molecule has 8 heteroatoms. The number of carbonyl (C=O) groups excluding carboxylic acids is 2. The Hall–Kier alpha value is -1.50. The second-order valence-corrected chi connectivity index (χ2v) is 8.09. The molecule has 0 aromatic heterocycles. The molecule has 1 heterocycles. The lowest BCUT2D eigenvalue weighted by atomic mass is 10.1. The summed E-state index contributed by atoms with van der Waals surface area (Å²) >= 11 is 11.9. The molecule has 0 aliphatic carbocycles. The van der Waals surface area contributed by atoms with Crippen molar-refractivity contribution in [3.05, 3.63) is 33.8 Å². The third-order valence-electron chi connectivity index (χ3n) is 4.00. The molecule has 0 bridgehead atoms. The summed E-state index contributed by atoms with van der Waals surface area (Å²) in [5.74, 6) is -0.133. The van der Waals surface area contributed by atoms with Crippen molar-refractivity contribution in [3.8, 4) is 0 Å². The Bertz CT molecular complexity index is 676. The van der Waals surface area contributed by atoms with Crippen LogP contribution in [0.25, 0.3) is 0 Å². The summed E-state index contributed by atoms with van der Waals surface area (Å²) < 4.78 is 5.36. The van der Waals surface area contributed by atoms with Crippen LogP contribution in [-0.2, 0) is 16.0 Å². The molecule has 6 nitrogen and oxygen atoms in total. The molecule has 0 radical (unpaired) electrons. The van der Waals surface area contributed by atoms with Crippen molar-refractivity contribution < 1.29 is 19.4 Å². The molecule has 0 saturated carbocycles. The topological polar surface area (TPSA) is 70.1 Å². The molecule has 1 atom stereocenters. The van der Waals surface area contributed by atoms with Crippen LogP contribution in [0, 0.1) is 0 Å². The van der Waals surface area contributed by atoms with E-state index in [2.05, 4.69) is 0 Å². The van der Waals surface area contributed by atoms with E-state index in [0.29, 0.717) is 23.1 Å². The van der Waals surface area contributed by atoms with Gasteiger partial charge in [0.15, 0.2) is 0 Å². The Morgan fingerprint density at radius 3 is 2.50 bits per heavy atom. The molecule has 1 saturated heterocycles. The second kappa shape index (κ2) is 8.46. The maximum absolute atomic E-state index is 12.6. The van der Waals surface area contributed by atoms with Crippen molar-refractivity contribution in [3.63, 3.8) is 0 Å². The fourth-order valence-corrected chi connectivity index (χ4v) is 3.08. The van der Waals surface area contributed by atoms with E-state index >= 15 is 0 Å². The van der Waals surface area contributed by atoms with Crippen LogP contribution in [0.3, 0.4) is 0 Å². The zero-order chi connectivity index (χ0) is 19.5. The molecule has 1 N–H and O–H groups in total. The molecule has 2 amide bonds. The lowest BCUT2D eigenvalue weighted by Crippen LogP contribution is -2.58. The van der Waals surface area contributed by atoms with E-state index in [4.69, 9.17) is 27.9 Å². The van der Waals surface area contributed by atoms with E-state index in [9.17, 15) is 14.7 Å². The molecule has 2 rings (SSSR count). The summed E-state index contributed by atoms with van der Waals surface area (Å²) in [5.41, 5.74) is 0.155. The number of amides is 2. The van der Waals surface area contributed by atoms with Crippen molar-refractivity contribution in [2.45, 2.75) is 38.8 Å². The van der Waals surface area contributed by atoms with Crippen LogP contribution in [0.15, 0.2) is 18.2 Å². The van der Waals surface area contributed by atoms with Crippen LogP contribution >= 0.6 is 23.2 Å². The van der Waals surface area contributed by atoms with Gasteiger partial charge in [-0.05, 0) is 38.5 Å². The summed E-state index contributed by atoms with van der Waals surface area (Å²) in [6.45, 7) is 6.09. The molecule has 1 aliphatic rings. The predicted molar refractivity (Wildman–Crippen MR) is 101 cm³/mol. The van der Waals surface area contributed by atoms with Crippen LogP contribution in [0.4, 0.5) is 4.79 Å². The first-order valence-electron chi connectivity index (χ1n) is 8.43. The summed E-state index contributed by atoms with van der Waals surface area (Å²) in [4.78, 5) is 28.0. The molecule has 26 heavy (non-hydrogen) atoms. The van der Waals surface area contributed by atoms with Gasteiger partial charge in [-0.25, -0.2) is 4.79 Å². The van der Waals surface area contributed by atoms with Gasteiger partial charge < -0.3 is 19.6 Å². The van der Waals surface area contributed by atoms with Crippen molar-refractivity contribution in [2.75, 3.05) is 26.2 Å². The van der Waals surface area contributed by atoms with E-state index in [0.717, 1.165) is 5.56 Å². The average Bonchev–Trinajstić information content (AvgIpc) is 2.56. The van der Waals surface area contributed by atoms with E-state index in [1.807, 2.05) is 0 Å². The number of hydrogen-bond acceptors (Lipinski definition) is 4. The zero-order valence-electron chi connectivity index (χ0n) is 15.2. The van der Waals surface area contributed by atoms with Gasteiger partial charge >= 0.3 is 6.09 Å². The van der Waals surface area contributed by atoms with Crippen molar-refractivity contribution in [1.82, 2.24) is 9.80 Å². The van der Waals surface area contributed by atoms with Gasteiger partial charge in [0.1, 0.15) is 5.60 Å². The number of hydrogen-bond donors (Lipinski definition) is 1. The standard InChI is InChI=1S/C18H24Cl2N2O4/c1-18(2,3)26-17(25)21-6-7-22(13(10-21)11-23)16(24)9-12-4-5-14(19)15(20)8-12/h4-5,8,13,23H,6-7,9-11H2,1-3H3/t13-/m0/s1. The summed E-state index contributed by atoms with van der Waals surface area (Å²) in [6, 6.07) is 4.59. The minimum atomic E-state index is -0.591. The van der Waals surface area contributed by atoms with Crippen LogP contribution < -0.4 is 0 Å². The second-order valence-electron chi connectivity index (χ2n) is 7.28. The van der Waals surface area contributed by atoms with Gasteiger partial charge in [-0.2, -0.15) is 0 Å². The zero-order valence-corrected chi connectivity index (χ0v) is 16.7. The average molecular weight is 403 g/mol. The maximum Gasteiger partial charge on any atom is 0.410 e. The van der Waals surface area contributed by atoms with Gasteiger partial charge in [-0.3, -0.25) is 4.79 Å². The molecular formula is C18H24Cl2N2O4. The van der Waals surface area contributed by atoms with Gasteiger partial charge in [0.05, 0.1) is 29.1 Å². The van der Waals surface area contributed by atoms with E-state index < -0.39 is 17.7 Å². The maximum atomic E-state index is 12.6. The smallest absolute Gasteiger partial charge is 0.410 e. The minimum absolute atomic E-state index is 0.133. The summed E-state index contributed by atoms with van der Waals surface area (Å²) in [7, 11) is 0. The molecule has 1 fully saturated rings. The van der Waals surface area contributed by atoms with Gasteiger partial charge in [0.2, 0.25) is 5.91 Å².